The Balaban J connectivity index is 1.43. The summed E-state index contributed by atoms with van der Waals surface area (Å²) < 4.78 is 10.7. The van der Waals surface area contributed by atoms with Gasteiger partial charge in [-0.25, -0.2) is 19.4 Å². The van der Waals surface area contributed by atoms with Crippen LogP contribution in [0.5, 0.6) is 0 Å². The van der Waals surface area contributed by atoms with Crippen LogP contribution in [-0.4, -0.2) is 81.0 Å². The molecule has 5 N–H and O–H groups in total. The number of nitrogens with one attached hydrogen (secondary N) is 4. The highest BCUT2D eigenvalue weighted by atomic mass is 32.1. The molecule has 5 amide bonds. The third kappa shape index (κ3) is 14.9. The molecule has 0 aliphatic carbocycles. The fraction of sp³-hybridized carbons (Fsp3) is 0.415. The van der Waals surface area contributed by atoms with Crippen LogP contribution in [0, 0.1) is 5.92 Å². The van der Waals surface area contributed by atoms with Gasteiger partial charge in [0.2, 0.25) is 5.91 Å². The number of carbonyl (C=O) groups excluding carboxylic acids is 4. The number of alkyl carbamates (subject to hydrolysis) is 1. The van der Waals surface area contributed by atoms with Gasteiger partial charge in [0, 0.05) is 36.4 Å². The highest BCUT2D eigenvalue weighted by molar-refractivity contribution is 7.13. The highest BCUT2D eigenvalue weighted by Gasteiger charge is 2.31. The first kappa shape index (κ1) is 43.2. The average Bonchev–Trinajstić information content (AvgIpc) is 3.58. The number of benzene rings is 2. The minimum absolute atomic E-state index is 0.00807. The number of thiazole rings is 1. The monoisotopic (exact) mass is 787 g/mol. The number of aromatic nitrogens is 2. The van der Waals surface area contributed by atoms with Crippen LogP contribution in [0.2, 0.25) is 0 Å². The van der Waals surface area contributed by atoms with Crippen molar-refractivity contribution in [3.8, 4) is 0 Å². The summed E-state index contributed by atoms with van der Waals surface area (Å²) in [7, 11) is 1.58. The third-order valence-corrected chi connectivity index (χ3v) is 9.30. The minimum atomic E-state index is -1.10. The van der Waals surface area contributed by atoms with E-state index in [2.05, 4.69) is 31.2 Å². The molecule has 4 rings (SSSR count). The summed E-state index contributed by atoms with van der Waals surface area (Å²) in [5.74, 6) is -0.712. The molecule has 4 aromatic rings. The van der Waals surface area contributed by atoms with Gasteiger partial charge in [0.15, 0.2) is 5.13 Å². The summed E-state index contributed by atoms with van der Waals surface area (Å²) in [6.07, 6.45) is 1.60. The van der Waals surface area contributed by atoms with Gasteiger partial charge in [-0.2, -0.15) is 0 Å². The molecule has 2 aromatic heterocycles. The number of hydrogen-bond acceptors (Lipinski definition) is 10. The highest BCUT2D eigenvalue weighted by Crippen LogP contribution is 2.19. The number of aliphatic hydroxyl groups is 1. The van der Waals surface area contributed by atoms with Crippen LogP contribution >= 0.6 is 11.3 Å². The first-order valence-electron chi connectivity index (χ1n) is 18.5. The third-order valence-electron chi connectivity index (χ3n) is 8.49. The Morgan fingerprint density at radius 2 is 1.50 bits per heavy atom. The van der Waals surface area contributed by atoms with Crippen molar-refractivity contribution >= 4 is 40.6 Å². The van der Waals surface area contributed by atoms with Crippen LogP contribution < -0.4 is 21.3 Å². The molecule has 0 radical (unpaired) electrons. The van der Waals surface area contributed by atoms with Crippen LogP contribution in [-0.2, 0) is 40.3 Å². The number of urea groups is 1. The van der Waals surface area contributed by atoms with Gasteiger partial charge < -0.3 is 35.4 Å². The molecule has 300 valence electrons. The molecular weight excluding hydrogens is 735 g/mol. The number of amides is 5. The lowest BCUT2D eigenvalue weighted by molar-refractivity contribution is -0.124. The van der Waals surface area contributed by atoms with E-state index in [0.29, 0.717) is 23.7 Å². The largest absolute Gasteiger partial charge is 0.445 e. The van der Waals surface area contributed by atoms with E-state index in [0.717, 1.165) is 16.7 Å². The molecule has 0 unspecified atom stereocenters. The Labute approximate surface area is 332 Å². The van der Waals surface area contributed by atoms with E-state index < -0.39 is 54.0 Å². The van der Waals surface area contributed by atoms with Crippen molar-refractivity contribution in [2.75, 3.05) is 12.4 Å². The second kappa shape index (κ2) is 20.9. The van der Waals surface area contributed by atoms with E-state index in [4.69, 9.17) is 9.47 Å². The Kier molecular flexibility index (Phi) is 16.2. The number of nitrogens with zero attached hydrogens (tertiary/aromatic N) is 3. The number of anilines is 1. The van der Waals surface area contributed by atoms with Gasteiger partial charge in [0.1, 0.15) is 18.2 Å². The van der Waals surface area contributed by atoms with E-state index in [1.165, 1.54) is 16.2 Å². The van der Waals surface area contributed by atoms with Gasteiger partial charge in [0.05, 0.1) is 24.4 Å². The lowest BCUT2D eigenvalue weighted by Gasteiger charge is -2.30. The molecule has 0 spiro atoms. The first-order chi connectivity index (χ1) is 26.6. The summed E-state index contributed by atoms with van der Waals surface area (Å²) in [6.45, 7) is 9.08. The molecule has 0 aliphatic heterocycles. The molecular formula is C41H53N7O7S. The van der Waals surface area contributed by atoms with Crippen molar-refractivity contribution in [1.29, 1.82) is 0 Å². The minimum Gasteiger partial charge on any atom is -0.445 e. The second-order valence-corrected chi connectivity index (χ2v) is 15.7. The Hall–Kier alpha value is -5.54. The van der Waals surface area contributed by atoms with Crippen molar-refractivity contribution in [1.82, 2.24) is 30.8 Å². The first-order valence-corrected chi connectivity index (χ1v) is 19.4. The van der Waals surface area contributed by atoms with E-state index in [-0.39, 0.29) is 25.5 Å². The standard InChI is InChI=1S/C41H53N7O7S/c1-27(2)35(46-38(51)48(6)24-32-26-56-37(44-32)47-40(53)55-41(3,4)5)36(50)43-31(20-28-14-9-7-10-15-28)22-34(49)33(21-29-16-11-8-12-17-29)45-39(52)54-25-30-18-13-19-42-23-30/h7-19,23,26-27,31,33-35,49H,20-22,24-25H2,1-6H3,(H,43,50)(H,45,52)(H,46,51)(H,44,47,53)/t31-,33-,34-,35-/m0/s1. The molecule has 0 fully saturated rings. The van der Waals surface area contributed by atoms with Gasteiger partial charge in [-0.05, 0) is 63.1 Å². The summed E-state index contributed by atoms with van der Waals surface area (Å²) in [5, 5.41) is 25.2. The maximum absolute atomic E-state index is 14.0. The number of pyridine rings is 1. The number of carbonyl (C=O) groups is 4. The second-order valence-electron chi connectivity index (χ2n) is 14.9. The Morgan fingerprint density at radius 3 is 2.11 bits per heavy atom. The molecule has 56 heavy (non-hydrogen) atoms. The predicted octanol–water partition coefficient (Wildman–Crippen LogP) is 6.07. The summed E-state index contributed by atoms with van der Waals surface area (Å²) in [6, 6.07) is 19.8. The van der Waals surface area contributed by atoms with Crippen LogP contribution in [0.3, 0.4) is 0 Å². The molecule has 2 aromatic carbocycles. The fourth-order valence-electron chi connectivity index (χ4n) is 5.74. The molecule has 2 heterocycles. The molecule has 0 saturated heterocycles. The zero-order valence-electron chi connectivity index (χ0n) is 32.7. The quantitative estimate of drug-likeness (QED) is 0.0848. The molecule has 4 atom stereocenters. The summed E-state index contributed by atoms with van der Waals surface area (Å²) in [4.78, 5) is 62.3. The number of rotatable bonds is 17. The zero-order chi connectivity index (χ0) is 40.7. The molecule has 14 nitrogen and oxygen atoms in total. The Bertz CT molecular complexity index is 1840. The molecule has 0 saturated carbocycles. The number of aliphatic hydroxyl groups excluding tert-OH is 1. The van der Waals surface area contributed by atoms with Crippen LogP contribution in [0.4, 0.5) is 19.5 Å². The molecule has 0 aliphatic rings. The number of ether oxygens (including phenoxy) is 2. The lowest BCUT2D eigenvalue weighted by Crippen LogP contribution is -2.55. The van der Waals surface area contributed by atoms with Gasteiger partial charge >= 0.3 is 18.2 Å². The zero-order valence-corrected chi connectivity index (χ0v) is 33.5. The van der Waals surface area contributed by atoms with Gasteiger partial charge in [-0.15, -0.1) is 11.3 Å². The van der Waals surface area contributed by atoms with Gasteiger partial charge in [0.25, 0.3) is 0 Å². The Morgan fingerprint density at radius 1 is 0.857 bits per heavy atom. The molecule has 15 heteroatoms. The van der Waals surface area contributed by atoms with Crippen LogP contribution in [0.25, 0.3) is 0 Å². The smallest absolute Gasteiger partial charge is 0.413 e. The van der Waals surface area contributed by atoms with Crippen molar-refractivity contribution in [3.63, 3.8) is 0 Å². The van der Waals surface area contributed by atoms with E-state index in [1.54, 1.807) is 57.7 Å². The SMILES string of the molecule is CC(C)[C@H](NC(=O)N(C)Cc1csc(NC(=O)OC(C)(C)C)n1)C(=O)N[C@@H](Cc1ccccc1)C[C@H](O)[C@H](Cc1ccccc1)NC(=O)OCc1cccnc1. The van der Waals surface area contributed by atoms with Gasteiger partial charge in [-0.3, -0.25) is 15.1 Å². The van der Waals surface area contributed by atoms with E-state index in [9.17, 15) is 24.3 Å². The maximum Gasteiger partial charge on any atom is 0.413 e. The van der Waals surface area contributed by atoms with Crippen molar-refractivity contribution in [2.24, 2.45) is 5.92 Å². The molecule has 0 bridgehead atoms. The predicted molar refractivity (Wildman–Crippen MR) is 215 cm³/mol. The van der Waals surface area contributed by atoms with Crippen LogP contribution in [0.15, 0.2) is 90.6 Å². The lowest BCUT2D eigenvalue weighted by atomic mass is 9.93. The summed E-state index contributed by atoms with van der Waals surface area (Å²) >= 11 is 1.20. The topological polar surface area (TPSA) is 184 Å². The van der Waals surface area contributed by atoms with E-state index >= 15 is 0 Å². The number of hydrogen-bond donors (Lipinski definition) is 5. The van der Waals surface area contributed by atoms with Crippen LogP contribution in [0.1, 0.15) is 63.4 Å². The van der Waals surface area contributed by atoms with Crippen molar-refractivity contribution < 1.29 is 33.8 Å². The average molecular weight is 788 g/mol. The summed E-state index contributed by atoms with van der Waals surface area (Å²) in [5.41, 5.74) is 2.43. The normalized spacial score (nSPS) is 13.4. The fourth-order valence-corrected chi connectivity index (χ4v) is 6.42. The van der Waals surface area contributed by atoms with Crippen molar-refractivity contribution in [3.05, 3.63) is 113 Å². The van der Waals surface area contributed by atoms with E-state index in [1.807, 2.05) is 74.5 Å². The van der Waals surface area contributed by atoms with Gasteiger partial charge in [-0.1, -0.05) is 80.6 Å². The maximum atomic E-state index is 14.0. The van der Waals surface area contributed by atoms with Crippen molar-refractivity contribution in [2.45, 2.75) is 96.9 Å².